The van der Waals surface area contributed by atoms with Gasteiger partial charge in [-0.15, -0.1) is 0 Å². The van der Waals surface area contributed by atoms with Gasteiger partial charge in [0, 0.05) is 11.9 Å². The van der Waals surface area contributed by atoms with Crippen molar-refractivity contribution in [1.29, 1.82) is 0 Å². The van der Waals surface area contributed by atoms with Crippen LogP contribution >= 0.6 is 0 Å². The number of rotatable bonds is 4. The zero-order valence-electron chi connectivity index (χ0n) is 16.2. The summed E-state index contributed by atoms with van der Waals surface area (Å²) in [5, 5.41) is 3.48. The first-order valence-corrected chi connectivity index (χ1v) is 9.47. The fourth-order valence-corrected chi connectivity index (χ4v) is 3.06. The molecule has 0 spiro atoms. The Morgan fingerprint density at radius 3 is 2.42 bits per heavy atom. The van der Waals surface area contributed by atoms with E-state index in [1.54, 1.807) is 30.3 Å². The normalized spacial score (nSPS) is 12.2. The van der Waals surface area contributed by atoms with E-state index < -0.39 is 17.6 Å². The summed E-state index contributed by atoms with van der Waals surface area (Å²) in [6.07, 6.45) is -4.50. The molecular weight excluding hydrogens is 405 g/mol. The maximum absolute atomic E-state index is 13.1. The van der Waals surface area contributed by atoms with Crippen LogP contribution in [0.15, 0.2) is 94.3 Å². The van der Waals surface area contributed by atoms with Gasteiger partial charge in [-0.3, -0.25) is 4.79 Å². The van der Waals surface area contributed by atoms with Crippen molar-refractivity contribution < 1.29 is 22.4 Å². The van der Waals surface area contributed by atoms with Crippen LogP contribution in [0.3, 0.4) is 0 Å². The molecule has 4 nitrogen and oxygen atoms in total. The molecule has 1 amide bonds. The van der Waals surface area contributed by atoms with Crippen LogP contribution in [-0.4, -0.2) is 5.91 Å². The number of carbonyl (C=O) groups excluding carboxylic acids is 1. The van der Waals surface area contributed by atoms with Crippen molar-refractivity contribution in [2.45, 2.75) is 12.7 Å². The van der Waals surface area contributed by atoms with Gasteiger partial charge in [0.15, 0.2) is 0 Å². The van der Waals surface area contributed by atoms with Crippen molar-refractivity contribution in [3.8, 4) is 0 Å². The Balaban J connectivity index is 1.77. The van der Waals surface area contributed by atoms with Gasteiger partial charge in [-0.05, 0) is 35.9 Å². The monoisotopic (exact) mass is 422 g/mol. The highest BCUT2D eigenvalue weighted by atomic mass is 19.4. The lowest BCUT2D eigenvalue weighted by Gasteiger charge is -2.08. The SMILES string of the molecule is O=C(NCc1ccccc1)c1cc2ccccc2oc1=Nc1cccc(C(F)(F)F)c1. The number of hydrogen-bond acceptors (Lipinski definition) is 3. The summed E-state index contributed by atoms with van der Waals surface area (Å²) in [4.78, 5) is 17.1. The summed E-state index contributed by atoms with van der Waals surface area (Å²) in [6.45, 7) is 0.287. The highest BCUT2D eigenvalue weighted by Gasteiger charge is 2.30. The smallest absolute Gasteiger partial charge is 0.416 e. The van der Waals surface area contributed by atoms with E-state index in [1.807, 2.05) is 30.3 Å². The third-order valence-corrected chi connectivity index (χ3v) is 4.60. The number of para-hydroxylation sites is 1. The Bertz CT molecular complexity index is 1300. The molecule has 1 heterocycles. The molecule has 1 N–H and O–H groups in total. The van der Waals surface area contributed by atoms with E-state index in [0.29, 0.717) is 11.0 Å². The van der Waals surface area contributed by atoms with Gasteiger partial charge in [0.2, 0.25) is 5.55 Å². The van der Waals surface area contributed by atoms with Gasteiger partial charge in [-0.25, -0.2) is 4.99 Å². The third kappa shape index (κ3) is 4.83. The summed E-state index contributed by atoms with van der Waals surface area (Å²) in [5.41, 5.74) is 0.643. The number of nitrogens with zero attached hydrogens (tertiary/aromatic N) is 1. The molecule has 0 aliphatic rings. The first-order chi connectivity index (χ1) is 14.9. The second-order valence-electron chi connectivity index (χ2n) is 6.83. The summed E-state index contributed by atoms with van der Waals surface area (Å²) >= 11 is 0. The number of amides is 1. The van der Waals surface area contributed by atoms with Crippen LogP contribution in [-0.2, 0) is 12.7 Å². The second kappa shape index (κ2) is 8.47. The largest absolute Gasteiger partial charge is 0.438 e. The van der Waals surface area contributed by atoms with Crippen LogP contribution in [0, 0.1) is 0 Å². The van der Waals surface area contributed by atoms with Gasteiger partial charge in [0.05, 0.1) is 11.3 Å². The summed E-state index contributed by atoms with van der Waals surface area (Å²) in [6, 6.07) is 22.6. The molecule has 31 heavy (non-hydrogen) atoms. The van der Waals surface area contributed by atoms with Crippen molar-refractivity contribution in [2.75, 3.05) is 0 Å². The number of hydrogen-bond donors (Lipinski definition) is 1. The number of nitrogens with one attached hydrogen (secondary N) is 1. The van der Waals surface area contributed by atoms with Crippen molar-refractivity contribution in [2.24, 2.45) is 4.99 Å². The molecule has 3 aromatic carbocycles. The fraction of sp³-hybridized carbons (Fsp3) is 0.0833. The minimum atomic E-state index is -4.50. The lowest BCUT2D eigenvalue weighted by Crippen LogP contribution is -2.28. The minimum Gasteiger partial charge on any atom is -0.438 e. The van der Waals surface area contributed by atoms with Gasteiger partial charge >= 0.3 is 6.18 Å². The Morgan fingerprint density at radius 2 is 1.65 bits per heavy atom. The van der Waals surface area contributed by atoms with E-state index >= 15 is 0 Å². The number of carbonyl (C=O) groups is 1. The number of halogens is 3. The quantitative estimate of drug-likeness (QED) is 0.465. The van der Waals surface area contributed by atoms with Gasteiger partial charge in [-0.1, -0.05) is 54.6 Å². The first kappa shape index (κ1) is 20.4. The van der Waals surface area contributed by atoms with Crippen molar-refractivity contribution >= 4 is 22.6 Å². The average Bonchev–Trinajstić information content (AvgIpc) is 2.77. The molecule has 7 heteroatoms. The van der Waals surface area contributed by atoms with E-state index in [4.69, 9.17) is 4.42 Å². The number of fused-ring (bicyclic) bond motifs is 1. The molecule has 4 aromatic rings. The summed E-state index contributed by atoms with van der Waals surface area (Å²) in [7, 11) is 0. The van der Waals surface area contributed by atoms with Crippen molar-refractivity contribution in [3.63, 3.8) is 0 Å². The van der Waals surface area contributed by atoms with E-state index in [0.717, 1.165) is 17.7 Å². The topological polar surface area (TPSA) is 54.6 Å². The highest BCUT2D eigenvalue weighted by molar-refractivity contribution is 5.96. The van der Waals surface area contributed by atoms with Crippen molar-refractivity contribution in [1.82, 2.24) is 5.32 Å². The maximum atomic E-state index is 13.1. The van der Waals surface area contributed by atoms with E-state index in [-0.39, 0.29) is 23.3 Å². The average molecular weight is 422 g/mol. The zero-order chi connectivity index (χ0) is 21.8. The zero-order valence-corrected chi connectivity index (χ0v) is 16.2. The second-order valence-corrected chi connectivity index (χ2v) is 6.83. The number of benzene rings is 3. The molecule has 0 fully saturated rings. The molecule has 0 atom stereocenters. The fourth-order valence-electron chi connectivity index (χ4n) is 3.06. The Labute approximate surface area is 175 Å². The van der Waals surface area contributed by atoms with Crippen LogP contribution in [0.4, 0.5) is 18.9 Å². The van der Waals surface area contributed by atoms with E-state index in [9.17, 15) is 18.0 Å². The first-order valence-electron chi connectivity index (χ1n) is 9.47. The maximum Gasteiger partial charge on any atom is 0.416 e. The highest BCUT2D eigenvalue weighted by Crippen LogP contribution is 2.31. The van der Waals surface area contributed by atoms with Crippen LogP contribution in [0.5, 0.6) is 0 Å². The summed E-state index contributed by atoms with van der Waals surface area (Å²) in [5.74, 6) is -0.441. The van der Waals surface area contributed by atoms with Crippen LogP contribution in [0.2, 0.25) is 0 Å². The molecule has 0 radical (unpaired) electrons. The molecule has 0 aliphatic heterocycles. The lowest BCUT2D eigenvalue weighted by molar-refractivity contribution is -0.137. The minimum absolute atomic E-state index is 0.0333. The molecule has 4 rings (SSSR count). The molecule has 0 aliphatic carbocycles. The lowest BCUT2D eigenvalue weighted by atomic mass is 10.1. The molecule has 0 unspecified atom stereocenters. The predicted octanol–water partition coefficient (Wildman–Crippen LogP) is 5.61. The molecule has 0 saturated carbocycles. The van der Waals surface area contributed by atoms with Crippen LogP contribution in [0.1, 0.15) is 21.5 Å². The Hall–Kier alpha value is -3.87. The van der Waals surface area contributed by atoms with Gasteiger partial charge in [0.1, 0.15) is 11.1 Å². The molecule has 156 valence electrons. The van der Waals surface area contributed by atoms with Crippen molar-refractivity contribution in [3.05, 3.63) is 107 Å². The molecule has 0 saturated heterocycles. The molecule has 1 aromatic heterocycles. The third-order valence-electron chi connectivity index (χ3n) is 4.60. The van der Waals surface area contributed by atoms with E-state index in [2.05, 4.69) is 10.3 Å². The van der Waals surface area contributed by atoms with E-state index in [1.165, 1.54) is 12.1 Å². The predicted molar refractivity (Wildman–Crippen MR) is 110 cm³/mol. The number of alkyl halides is 3. The Kier molecular flexibility index (Phi) is 5.58. The van der Waals surface area contributed by atoms with Crippen LogP contribution in [0.25, 0.3) is 11.0 Å². The molecular formula is C24H17F3N2O2. The van der Waals surface area contributed by atoms with Gasteiger partial charge in [-0.2, -0.15) is 13.2 Å². The van der Waals surface area contributed by atoms with Gasteiger partial charge < -0.3 is 9.73 Å². The van der Waals surface area contributed by atoms with Crippen LogP contribution < -0.4 is 10.9 Å². The van der Waals surface area contributed by atoms with Gasteiger partial charge in [0.25, 0.3) is 5.91 Å². The molecule has 0 bridgehead atoms. The standard InChI is InChI=1S/C24H17F3N2O2/c25-24(26,27)18-10-6-11-19(14-18)29-23-20(13-17-9-4-5-12-21(17)31-23)22(30)28-15-16-7-2-1-3-8-16/h1-14H,15H2,(H,28,30). The summed E-state index contributed by atoms with van der Waals surface area (Å²) < 4.78 is 45.0. The Morgan fingerprint density at radius 1 is 0.903 bits per heavy atom.